The number of amides is 2. The Morgan fingerprint density at radius 3 is 2.52 bits per heavy atom. The molecular weight excluding hydrogens is 424 g/mol. The van der Waals surface area contributed by atoms with Crippen molar-refractivity contribution >= 4 is 18.0 Å². The predicted molar refractivity (Wildman–Crippen MR) is 121 cm³/mol. The van der Waals surface area contributed by atoms with E-state index in [0.29, 0.717) is 19.3 Å². The second-order valence-electron chi connectivity index (χ2n) is 9.13. The molecule has 2 amide bonds. The summed E-state index contributed by atoms with van der Waals surface area (Å²) >= 11 is 0. The molecule has 9 heteroatoms. The second-order valence-corrected chi connectivity index (χ2v) is 9.13. The standard InChI is InChI=1S/C24H32N4O5/c1-24(2,3)33-23(31)26-19(12-11-17-9-6-5-7-10-17)21(29)27-16-18(28-14-8-13-25-28)15-20(27)22(30)32-4/h5-10,13-14,18-20H,11-12,15-16H2,1-4H3,(H,26,31)/t18?,19-,20+/m1/s1. The van der Waals surface area contributed by atoms with Crippen molar-refractivity contribution in [1.82, 2.24) is 20.0 Å². The molecule has 1 aliphatic heterocycles. The van der Waals surface area contributed by atoms with E-state index >= 15 is 0 Å². The van der Waals surface area contributed by atoms with Gasteiger partial charge in [-0.1, -0.05) is 30.3 Å². The summed E-state index contributed by atoms with van der Waals surface area (Å²) in [5.74, 6) is -0.834. The molecule has 0 spiro atoms. The maximum absolute atomic E-state index is 13.6. The highest BCUT2D eigenvalue weighted by Crippen LogP contribution is 2.29. The lowest BCUT2D eigenvalue weighted by Crippen LogP contribution is -2.52. The van der Waals surface area contributed by atoms with E-state index in [4.69, 9.17) is 9.47 Å². The molecule has 3 rings (SSSR count). The molecule has 178 valence electrons. The Hall–Kier alpha value is -3.36. The van der Waals surface area contributed by atoms with Crippen molar-refractivity contribution in [2.45, 2.75) is 63.8 Å². The van der Waals surface area contributed by atoms with Crippen LogP contribution >= 0.6 is 0 Å². The van der Waals surface area contributed by atoms with Crippen molar-refractivity contribution < 1.29 is 23.9 Å². The van der Waals surface area contributed by atoms with E-state index in [0.717, 1.165) is 5.56 Å². The first-order valence-electron chi connectivity index (χ1n) is 11.1. The number of ether oxygens (including phenoxy) is 2. The minimum Gasteiger partial charge on any atom is -0.467 e. The Labute approximate surface area is 194 Å². The first-order chi connectivity index (χ1) is 15.7. The summed E-state index contributed by atoms with van der Waals surface area (Å²) in [4.78, 5) is 40.1. The molecule has 2 aromatic rings. The Balaban J connectivity index is 1.80. The summed E-state index contributed by atoms with van der Waals surface area (Å²) in [6, 6.07) is 9.73. The van der Waals surface area contributed by atoms with Gasteiger partial charge < -0.3 is 19.7 Å². The number of alkyl carbamates (subject to hydrolysis) is 1. The van der Waals surface area contributed by atoms with Crippen LogP contribution in [0, 0.1) is 0 Å². The number of carbonyl (C=O) groups is 3. The summed E-state index contributed by atoms with van der Waals surface area (Å²) in [5.41, 5.74) is 0.339. The van der Waals surface area contributed by atoms with Gasteiger partial charge in [-0.25, -0.2) is 9.59 Å². The van der Waals surface area contributed by atoms with Gasteiger partial charge in [-0.3, -0.25) is 9.48 Å². The van der Waals surface area contributed by atoms with Gasteiger partial charge in [0.1, 0.15) is 17.7 Å². The van der Waals surface area contributed by atoms with Crippen molar-refractivity contribution in [3.63, 3.8) is 0 Å². The largest absolute Gasteiger partial charge is 0.467 e. The van der Waals surface area contributed by atoms with E-state index in [1.165, 1.54) is 12.0 Å². The smallest absolute Gasteiger partial charge is 0.408 e. The summed E-state index contributed by atoms with van der Waals surface area (Å²) in [7, 11) is 1.30. The third kappa shape index (κ3) is 6.57. The fraction of sp³-hybridized carbons (Fsp3) is 0.500. The number of likely N-dealkylation sites (tertiary alicyclic amines) is 1. The molecule has 0 bridgehead atoms. The quantitative estimate of drug-likeness (QED) is 0.643. The molecule has 1 aromatic carbocycles. The number of aryl methyl sites for hydroxylation is 1. The highest BCUT2D eigenvalue weighted by atomic mass is 16.6. The molecule has 3 atom stereocenters. The average molecular weight is 457 g/mol. The number of esters is 1. The molecule has 1 N–H and O–H groups in total. The second kappa shape index (κ2) is 10.5. The monoisotopic (exact) mass is 456 g/mol. The molecule has 1 fully saturated rings. The number of nitrogens with zero attached hydrogens (tertiary/aromatic N) is 3. The van der Waals surface area contributed by atoms with Gasteiger partial charge in [0.25, 0.3) is 0 Å². The first-order valence-corrected chi connectivity index (χ1v) is 11.1. The molecule has 0 radical (unpaired) electrons. The third-order valence-corrected chi connectivity index (χ3v) is 5.49. The fourth-order valence-corrected chi connectivity index (χ4v) is 3.97. The van der Waals surface area contributed by atoms with Gasteiger partial charge in [0.05, 0.1) is 13.2 Å². The molecule has 2 heterocycles. The summed E-state index contributed by atoms with van der Waals surface area (Å²) in [6.07, 6.45) is 4.11. The molecule has 0 aliphatic carbocycles. The molecule has 1 saturated heterocycles. The minimum absolute atomic E-state index is 0.163. The van der Waals surface area contributed by atoms with Crippen LogP contribution in [-0.2, 0) is 25.5 Å². The van der Waals surface area contributed by atoms with Crippen LogP contribution in [0.2, 0.25) is 0 Å². The number of methoxy groups -OCH3 is 1. The molecule has 33 heavy (non-hydrogen) atoms. The van der Waals surface area contributed by atoms with Crippen LogP contribution in [0.1, 0.15) is 45.2 Å². The van der Waals surface area contributed by atoms with Gasteiger partial charge in [-0.05, 0) is 45.2 Å². The number of aromatic nitrogens is 2. The molecule has 9 nitrogen and oxygen atoms in total. The Kier molecular flexibility index (Phi) is 7.73. The summed E-state index contributed by atoms with van der Waals surface area (Å²) < 4.78 is 12.1. The maximum Gasteiger partial charge on any atom is 0.408 e. The maximum atomic E-state index is 13.6. The molecule has 1 aliphatic rings. The number of benzene rings is 1. The summed E-state index contributed by atoms with van der Waals surface area (Å²) in [5, 5.41) is 6.98. The highest BCUT2D eigenvalue weighted by molar-refractivity contribution is 5.90. The lowest BCUT2D eigenvalue weighted by molar-refractivity contribution is -0.151. The van der Waals surface area contributed by atoms with Gasteiger partial charge in [0.15, 0.2) is 0 Å². The van der Waals surface area contributed by atoms with Crippen LogP contribution in [0.3, 0.4) is 0 Å². The van der Waals surface area contributed by atoms with E-state index in [-0.39, 0.29) is 18.5 Å². The minimum atomic E-state index is -0.858. The van der Waals surface area contributed by atoms with Crippen molar-refractivity contribution in [1.29, 1.82) is 0 Å². The van der Waals surface area contributed by atoms with Gasteiger partial charge >= 0.3 is 12.1 Å². The van der Waals surface area contributed by atoms with E-state index in [1.54, 1.807) is 43.9 Å². The zero-order valence-electron chi connectivity index (χ0n) is 19.6. The first kappa shape index (κ1) is 24.3. The van der Waals surface area contributed by atoms with Crippen LogP contribution in [0.5, 0.6) is 0 Å². The zero-order valence-corrected chi connectivity index (χ0v) is 19.6. The summed E-state index contributed by atoms with van der Waals surface area (Å²) in [6.45, 7) is 5.57. The average Bonchev–Trinajstić information content (AvgIpc) is 3.45. The number of rotatable bonds is 7. The van der Waals surface area contributed by atoms with Gasteiger partial charge in [0.2, 0.25) is 5.91 Å². The van der Waals surface area contributed by atoms with Gasteiger partial charge in [0, 0.05) is 25.4 Å². The van der Waals surface area contributed by atoms with Gasteiger partial charge in [-0.15, -0.1) is 0 Å². The Morgan fingerprint density at radius 2 is 1.91 bits per heavy atom. The van der Waals surface area contributed by atoms with E-state index < -0.39 is 29.7 Å². The molecular formula is C24H32N4O5. The number of hydrogen-bond acceptors (Lipinski definition) is 6. The van der Waals surface area contributed by atoms with E-state index in [2.05, 4.69) is 10.4 Å². The van der Waals surface area contributed by atoms with E-state index in [1.807, 2.05) is 30.3 Å². The van der Waals surface area contributed by atoms with Crippen LogP contribution in [0.25, 0.3) is 0 Å². The molecule has 0 saturated carbocycles. The van der Waals surface area contributed by atoms with Crippen LogP contribution in [0.4, 0.5) is 4.79 Å². The lowest BCUT2D eigenvalue weighted by Gasteiger charge is -2.29. The van der Waals surface area contributed by atoms with Crippen LogP contribution in [0.15, 0.2) is 48.8 Å². The van der Waals surface area contributed by atoms with E-state index in [9.17, 15) is 14.4 Å². The van der Waals surface area contributed by atoms with Gasteiger partial charge in [-0.2, -0.15) is 5.10 Å². The van der Waals surface area contributed by atoms with Crippen molar-refractivity contribution in [2.24, 2.45) is 0 Å². The SMILES string of the molecule is COC(=O)[C@@H]1CC(n2cccn2)CN1C(=O)[C@@H](CCc1ccccc1)NC(=O)OC(C)(C)C. The highest BCUT2D eigenvalue weighted by Gasteiger charge is 2.43. The Bertz CT molecular complexity index is 940. The zero-order chi connectivity index (χ0) is 24.0. The van der Waals surface area contributed by atoms with Crippen LogP contribution < -0.4 is 5.32 Å². The molecule has 1 unspecified atom stereocenters. The fourth-order valence-electron chi connectivity index (χ4n) is 3.97. The normalized spacial score (nSPS) is 19.1. The van der Waals surface area contributed by atoms with Crippen molar-refractivity contribution in [2.75, 3.05) is 13.7 Å². The Morgan fingerprint density at radius 1 is 1.18 bits per heavy atom. The topological polar surface area (TPSA) is 103 Å². The van der Waals surface area contributed by atoms with Crippen molar-refractivity contribution in [3.8, 4) is 0 Å². The number of hydrogen-bond donors (Lipinski definition) is 1. The van der Waals surface area contributed by atoms with Crippen LogP contribution in [-0.4, -0.2) is 64.0 Å². The number of nitrogens with one attached hydrogen (secondary N) is 1. The molecule has 1 aromatic heterocycles. The predicted octanol–water partition coefficient (Wildman–Crippen LogP) is 2.72. The third-order valence-electron chi connectivity index (χ3n) is 5.49. The van der Waals surface area contributed by atoms with Crippen molar-refractivity contribution in [3.05, 3.63) is 54.4 Å². The number of carbonyl (C=O) groups excluding carboxylic acids is 3. The lowest BCUT2D eigenvalue weighted by atomic mass is 10.0.